The molecule has 0 aromatic heterocycles. The van der Waals surface area contributed by atoms with E-state index >= 15 is 0 Å². The first kappa shape index (κ1) is 58.3. The molecule has 2 heterocycles. The summed E-state index contributed by atoms with van der Waals surface area (Å²) in [5.41, 5.74) is 0. The number of esters is 1. The second-order valence-electron chi connectivity index (χ2n) is 17.6. The maximum atomic E-state index is 13.0. The number of allylic oxidation sites excluding steroid dienone is 6. The Kier molecular flexibility index (Phi) is 34.8. The van der Waals surface area contributed by atoms with Crippen LogP contribution in [0.3, 0.4) is 0 Å². The Hall–Kier alpha value is -1.79. The van der Waals surface area contributed by atoms with Gasteiger partial charge in [-0.1, -0.05) is 153 Å². The lowest BCUT2D eigenvalue weighted by Gasteiger charge is -2.42. The van der Waals surface area contributed by atoms with Gasteiger partial charge in [0.2, 0.25) is 0 Å². The monoisotopic (exact) mass is 915 g/mol. The Morgan fingerprint density at radius 1 is 0.516 bits per heavy atom. The van der Waals surface area contributed by atoms with Crippen LogP contribution in [0.1, 0.15) is 174 Å². The Bertz CT molecular complexity index is 1200. The van der Waals surface area contributed by atoms with E-state index in [1.165, 1.54) is 77.0 Å². The van der Waals surface area contributed by atoms with E-state index in [-0.39, 0.29) is 25.6 Å². The van der Waals surface area contributed by atoms with Crippen LogP contribution >= 0.6 is 0 Å². The molecule has 2 aliphatic rings. The number of aliphatic hydroxyl groups is 7. The minimum atomic E-state index is -1.71. The molecule has 2 aliphatic heterocycles. The van der Waals surface area contributed by atoms with Gasteiger partial charge in [-0.15, -0.1) is 0 Å². The maximum Gasteiger partial charge on any atom is 0.306 e. The van der Waals surface area contributed by atoms with Crippen LogP contribution < -0.4 is 0 Å². The molecule has 2 fully saturated rings. The number of unbranched alkanes of at least 4 members (excludes halogenated alkanes) is 19. The molecule has 0 spiro atoms. The summed E-state index contributed by atoms with van der Waals surface area (Å²) in [7, 11) is 0. The molecule has 0 amide bonds. The van der Waals surface area contributed by atoms with E-state index in [4.69, 9.17) is 28.4 Å². The lowest BCUT2D eigenvalue weighted by Crippen LogP contribution is -2.61. The van der Waals surface area contributed by atoms with Crippen molar-refractivity contribution >= 4 is 5.97 Å². The van der Waals surface area contributed by atoms with Crippen LogP contribution in [0, 0.1) is 0 Å². The zero-order valence-corrected chi connectivity index (χ0v) is 39.5. The van der Waals surface area contributed by atoms with Crippen LogP contribution in [0.5, 0.6) is 0 Å². The number of aliphatic hydroxyl groups excluding tert-OH is 7. The van der Waals surface area contributed by atoms with Crippen molar-refractivity contribution in [2.75, 3.05) is 33.0 Å². The second kappa shape index (κ2) is 38.2. The highest BCUT2D eigenvalue weighted by Crippen LogP contribution is 2.26. The van der Waals surface area contributed by atoms with Crippen LogP contribution in [0.15, 0.2) is 36.5 Å². The van der Waals surface area contributed by atoms with Gasteiger partial charge in [-0.3, -0.25) is 4.79 Å². The average molecular weight is 915 g/mol. The van der Waals surface area contributed by atoms with Gasteiger partial charge < -0.3 is 64.2 Å². The van der Waals surface area contributed by atoms with Crippen LogP contribution in [0.2, 0.25) is 0 Å². The van der Waals surface area contributed by atoms with Crippen LogP contribution in [0.4, 0.5) is 0 Å². The molecule has 14 nitrogen and oxygen atoms in total. The molecule has 64 heavy (non-hydrogen) atoms. The van der Waals surface area contributed by atoms with Crippen molar-refractivity contribution < 1.29 is 69.0 Å². The van der Waals surface area contributed by atoms with E-state index in [0.29, 0.717) is 13.0 Å². The highest BCUT2D eigenvalue weighted by molar-refractivity contribution is 5.69. The zero-order valence-electron chi connectivity index (χ0n) is 39.5. The molecule has 11 unspecified atom stereocenters. The minimum Gasteiger partial charge on any atom is -0.457 e. The topological polar surface area (TPSA) is 214 Å². The summed E-state index contributed by atoms with van der Waals surface area (Å²) in [5.74, 6) is -0.389. The largest absolute Gasteiger partial charge is 0.457 e. The van der Waals surface area contributed by atoms with E-state index in [1.807, 2.05) is 0 Å². The van der Waals surface area contributed by atoms with Crippen LogP contribution in [0.25, 0.3) is 0 Å². The summed E-state index contributed by atoms with van der Waals surface area (Å²) in [6, 6.07) is 0. The molecule has 374 valence electrons. The third kappa shape index (κ3) is 25.9. The van der Waals surface area contributed by atoms with Crippen molar-refractivity contribution in [2.24, 2.45) is 0 Å². The Morgan fingerprint density at radius 3 is 1.52 bits per heavy atom. The molecule has 0 radical (unpaired) electrons. The van der Waals surface area contributed by atoms with Gasteiger partial charge in [-0.2, -0.15) is 0 Å². The summed E-state index contributed by atoms with van der Waals surface area (Å²) in [5, 5.41) is 72.0. The fourth-order valence-corrected chi connectivity index (χ4v) is 7.76. The lowest BCUT2D eigenvalue weighted by atomic mass is 9.98. The summed E-state index contributed by atoms with van der Waals surface area (Å²) < 4.78 is 34.2. The van der Waals surface area contributed by atoms with Gasteiger partial charge >= 0.3 is 5.97 Å². The first-order valence-corrected chi connectivity index (χ1v) is 25.1. The number of rotatable bonds is 39. The molecule has 14 heteroatoms. The normalized spacial score (nSPS) is 27.0. The second-order valence-corrected chi connectivity index (χ2v) is 17.6. The van der Waals surface area contributed by atoms with Crippen molar-refractivity contribution in [1.82, 2.24) is 0 Å². The van der Waals surface area contributed by atoms with Crippen LogP contribution in [-0.4, -0.2) is 142 Å². The van der Waals surface area contributed by atoms with Crippen molar-refractivity contribution in [1.29, 1.82) is 0 Å². The summed E-state index contributed by atoms with van der Waals surface area (Å²) in [4.78, 5) is 13.0. The highest BCUT2D eigenvalue weighted by Gasteiger charge is 2.47. The van der Waals surface area contributed by atoms with Crippen LogP contribution in [-0.2, 0) is 33.2 Å². The van der Waals surface area contributed by atoms with Crippen molar-refractivity contribution in [3.05, 3.63) is 36.5 Å². The fraction of sp³-hybridized carbons (Fsp3) is 0.860. The molecule has 0 aromatic carbocycles. The molecule has 0 saturated carbocycles. The Labute approximate surface area is 385 Å². The Morgan fingerprint density at radius 2 is 0.969 bits per heavy atom. The number of ether oxygens (including phenoxy) is 6. The van der Waals surface area contributed by atoms with Gasteiger partial charge in [0.15, 0.2) is 12.6 Å². The van der Waals surface area contributed by atoms with Gasteiger partial charge in [-0.05, 0) is 51.4 Å². The molecule has 7 N–H and O–H groups in total. The molecular formula is C50H90O14. The molecule has 0 aliphatic carbocycles. The number of carbonyl (C=O) groups is 1. The third-order valence-electron chi connectivity index (χ3n) is 11.9. The minimum absolute atomic E-state index is 0.0573. The zero-order chi connectivity index (χ0) is 46.6. The van der Waals surface area contributed by atoms with Gasteiger partial charge in [0.25, 0.3) is 0 Å². The third-order valence-corrected chi connectivity index (χ3v) is 11.9. The van der Waals surface area contributed by atoms with E-state index in [0.717, 1.165) is 70.6 Å². The predicted molar refractivity (Wildman–Crippen MR) is 247 cm³/mol. The maximum absolute atomic E-state index is 13.0. The SMILES string of the molecule is CCCCCCC/C=C\C/C=C\C/C=C\CCCCCCCCC(=O)OC(COCCCCCCCCCCC)COC1OC(COC2OC(CO)C(O)C(O)C2O)C(O)C(O)C1O. The van der Waals surface area contributed by atoms with E-state index < -0.39 is 80.7 Å². The van der Waals surface area contributed by atoms with Gasteiger partial charge in [0.1, 0.15) is 54.9 Å². The Balaban J connectivity index is 1.74. The molecular weight excluding hydrogens is 825 g/mol. The molecule has 0 bridgehead atoms. The van der Waals surface area contributed by atoms with Crippen molar-refractivity contribution in [2.45, 2.75) is 242 Å². The highest BCUT2D eigenvalue weighted by atomic mass is 16.7. The van der Waals surface area contributed by atoms with E-state index in [2.05, 4.69) is 50.3 Å². The fourth-order valence-electron chi connectivity index (χ4n) is 7.76. The molecule has 11 atom stereocenters. The van der Waals surface area contributed by atoms with Crippen molar-refractivity contribution in [3.63, 3.8) is 0 Å². The smallest absolute Gasteiger partial charge is 0.306 e. The van der Waals surface area contributed by atoms with Gasteiger partial charge in [-0.25, -0.2) is 0 Å². The number of hydrogen-bond acceptors (Lipinski definition) is 14. The van der Waals surface area contributed by atoms with Crippen molar-refractivity contribution in [3.8, 4) is 0 Å². The average Bonchev–Trinajstić information content (AvgIpc) is 3.29. The number of hydrogen-bond donors (Lipinski definition) is 7. The number of carbonyl (C=O) groups excluding carboxylic acids is 1. The van der Waals surface area contributed by atoms with E-state index in [9.17, 15) is 40.5 Å². The van der Waals surface area contributed by atoms with Gasteiger partial charge in [0.05, 0.1) is 26.4 Å². The summed E-state index contributed by atoms with van der Waals surface area (Å²) in [6.07, 6.45) is 25.0. The molecule has 2 saturated heterocycles. The molecule has 0 aromatic rings. The first-order chi connectivity index (χ1) is 31.1. The first-order valence-electron chi connectivity index (χ1n) is 25.1. The predicted octanol–water partition coefficient (Wildman–Crippen LogP) is 7.02. The lowest BCUT2D eigenvalue weighted by molar-refractivity contribution is -0.332. The summed E-state index contributed by atoms with van der Waals surface area (Å²) >= 11 is 0. The van der Waals surface area contributed by atoms with E-state index in [1.54, 1.807) is 0 Å². The molecule has 2 rings (SSSR count). The standard InChI is InChI=1S/C50H90O14/c1-3-5-7-9-11-13-14-15-16-17-18-19-20-21-22-23-24-25-27-29-31-33-42(52)62-39(36-59-34-32-30-28-26-12-10-8-6-4-2)37-60-49-48(58)46(56)44(54)41(64-49)38-61-50-47(57)45(55)43(53)40(35-51)63-50/h14-15,17-18,20-21,39-41,43-51,53-58H,3-13,16,19,22-38H2,1-2H3/b15-14-,18-17-,21-20-. The van der Waals surface area contributed by atoms with Gasteiger partial charge in [0, 0.05) is 13.0 Å². The summed E-state index contributed by atoms with van der Waals surface area (Å²) in [6.45, 7) is 3.64. The quantitative estimate of drug-likeness (QED) is 0.0188.